The van der Waals surface area contributed by atoms with E-state index in [0.717, 1.165) is 0 Å². The lowest BCUT2D eigenvalue weighted by atomic mass is 10.2. The van der Waals surface area contributed by atoms with E-state index in [2.05, 4.69) is 9.97 Å². The van der Waals surface area contributed by atoms with Gasteiger partial charge in [0.2, 0.25) is 5.75 Å². The molecule has 0 saturated carbocycles. The number of aromatic hydroxyl groups is 2. The minimum absolute atomic E-state index is 0.0225. The topological polar surface area (TPSA) is 262 Å². The van der Waals surface area contributed by atoms with E-state index in [4.69, 9.17) is 25.4 Å². The zero-order valence-electron chi connectivity index (χ0n) is 16.7. The molecule has 0 spiro atoms. The van der Waals surface area contributed by atoms with Crippen molar-refractivity contribution in [3.63, 3.8) is 0 Å². The van der Waals surface area contributed by atoms with E-state index in [-0.39, 0.29) is 16.7 Å². The molecule has 6 N–H and O–H groups in total. The van der Waals surface area contributed by atoms with Crippen molar-refractivity contribution in [2.24, 2.45) is 5.34 Å². The third kappa shape index (κ3) is 7.30. The van der Waals surface area contributed by atoms with Crippen molar-refractivity contribution in [2.75, 3.05) is 0 Å². The molecule has 0 unspecified atom stereocenters. The van der Waals surface area contributed by atoms with E-state index >= 15 is 0 Å². The van der Waals surface area contributed by atoms with Crippen LogP contribution in [0.5, 0.6) is 11.5 Å². The SMILES string of the molecule is O=NO.O=[N+]([O-])O.O=c1[nH]c2ccccc2c(O)c1[N+](=O)[O-].O=c1cc(O)c2ccccc2[nH]1. The van der Waals surface area contributed by atoms with Crippen molar-refractivity contribution in [1.82, 2.24) is 9.97 Å². The molecule has 4 rings (SSSR count). The number of H-pyrrole nitrogens is 2. The molecule has 178 valence electrons. The summed E-state index contributed by atoms with van der Waals surface area (Å²) in [6.45, 7) is 0. The molecule has 16 heteroatoms. The highest BCUT2D eigenvalue weighted by molar-refractivity contribution is 5.87. The van der Waals surface area contributed by atoms with Crippen LogP contribution in [0.2, 0.25) is 0 Å². The lowest BCUT2D eigenvalue weighted by molar-refractivity contribution is -0.742. The number of aromatic amines is 2. The zero-order valence-corrected chi connectivity index (χ0v) is 16.7. The second-order valence-electron chi connectivity index (χ2n) is 5.84. The van der Waals surface area contributed by atoms with Crippen LogP contribution >= 0.6 is 0 Å². The van der Waals surface area contributed by atoms with Crippen LogP contribution in [-0.4, -0.2) is 40.6 Å². The number of nitrogens with zero attached hydrogens (tertiary/aromatic N) is 3. The molecule has 0 radical (unpaired) electrons. The normalized spacial score (nSPS) is 9.29. The largest absolute Gasteiger partial charge is 0.507 e. The summed E-state index contributed by atoms with van der Waals surface area (Å²) in [4.78, 5) is 53.1. The number of pyridine rings is 2. The van der Waals surface area contributed by atoms with Crippen LogP contribution in [0.4, 0.5) is 5.69 Å². The minimum atomic E-state index is -1.50. The van der Waals surface area contributed by atoms with Gasteiger partial charge in [-0.3, -0.25) is 19.7 Å². The molecule has 0 aliphatic heterocycles. The van der Waals surface area contributed by atoms with Gasteiger partial charge in [-0.1, -0.05) is 24.3 Å². The Morgan fingerprint density at radius 3 is 1.79 bits per heavy atom. The van der Waals surface area contributed by atoms with Gasteiger partial charge >= 0.3 is 11.2 Å². The van der Waals surface area contributed by atoms with Gasteiger partial charge in [0.1, 0.15) is 5.75 Å². The average Bonchev–Trinajstić information content (AvgIpc) is 2.74. The van der Waals surface area contributed by atoms with Gasteiger partial charge in [-0.25, -0.2) is 0 Å². The fourth-order valence-electron chi connectivity index (χ4n) is 2.57. The minimum Gasteiger partial charge on any atom is -0.507 e. The maximum Gasteiger partial charge on any atom is 0.375 e. The second kappa shape index (κ2) is 12.3. The van der Waals surface area contributed by atoms with Crippen LogP contribution in [0.15, 0.2) is 69.5 Å². The zero-order chi connectivity index (χ0) is 25.8. The van der Waals surface area contributed by atoms with E-state index in [9.17, 15) is 29.9 Å². The van der Waals surface area contributed by atoms with E-state index < -0.39 is 27.0 Å². The Hall–Kier alpha value is -5.54. The maximum absolute atomic E-state index is 11.2. The van der Waals surface area contributed by atoms with Crippen LogP contribution in [0, 0.1) is 25.1 Å². The summed E-state index contributed by atoms with van der Waals surface area (Å²) in [7, 11) is 0. The predicted molar refractivity (Wildman–Crippen MR) is 115 cm³/mol. The summed E-state index contributed by atoms with van der Waals surface area (Å²) in [6, 6.07) is 14.6. The van der Waals surface area contributed by atoms with Crippen molar-refractivity contribution in [2.45, 2.75) is 0 Å². The Morgan fingerprint density at radius 2 is 1.29 bits per heavy atom. The van der Waals surface area contributed by atoms with Crippen LogP contribution in [-0.2, 0) is 0 Å². The third-order valence-electron chi connectivity index (χ3n) is 3.78. The van der Waals surface area contributed by atoms with Crippen molar-refractivity contribution < 1.29 is 30.6 Å². The first-order valence-electron chi connectivity index (χ1n) is 8.62. The molecule has 34 heavy (non-hydrogen) atoms. The standard InChI is InChI=1S/C9H6N2O4.C9H7NO2.HNO3.HNO2/c12-8-5-3-1-2-4-6(5)10-9(13)7(8)11(14)15;11-8-5-9(12)10-7-4-2-1-3-6(7)8;2-1(3)4;2-1-3/h1-4H,(H2,10,12,13);1-5H,(H2,10,11,12);(H,2,3,4);(H,2,3). The maximum atomic E-state index is 11.2. The Morgan fingerprint density at radius 1 is 0.853 bits per heavy atom. The Balaban J connectivity index is 0.000000272. The highest BCUT2D eigenvalue weighted by Gasteiger charge is 2.21. The average molecular weight is 477 g/mol. The first-order valence-corrected chi connectivity index (χ1v) is 8.62. The van der Waals surface area contributed by atoms with Gasteiger partial charge in [-0.2, -0.15) is 0 Å². The van der Waals surface area contributed by atoms with Crippen LogP contribution in [0.1, 0.15) is 0 Å². The van der Waals surface area contributed by atoms with Gasteiger partial charge in [-0.05, 0) is 24.3 Å². The summed E-state index contributed by atoms with van der Waals surface area (Å²) in [5.41, 5.74) is -0.996. The molecule has 2 heterocycles. The Kier molecular flexibility index (Phi) is 9.62. The van der Waals surface area contributed by atoms with Gasteiger partial charge in [0, 0.05) is 16.8 Å². The molecular weight excluding hydrogens is 462 g/mol. The molecule has 2 aromatic heterocycles. The molecule has 0 bridgehead atoms. The van der Waals surface area contributed by atoms with Crippen LogP contribution in [0.25, 0.3) is 21.8 Å². The highest BCUT2D eigenvalue weighted by atomic mass is 16.9. The number of para-hydroxylation sites is 2. The summed E-state index contributed by atoms with van der Waals surface area (Å²) in [6.07, 6.45) is 0. The summed E-state index contributed by atoms with van der Waals surface area (Å²) in [5, 5.41) is 51.8. The van der Waals surface area contributed by atoms with Crippen molar-refractivity contribution in [3.05, 3.63) is 100 Å². The highest BCUT2D eigenvalue weighted by Crippen LogP contribution is 2.28. The molecule has 0 aliphatic rings. The third-order valence-corrected chi connectivity index (χ3v) is 3.78. The number of fused-ring (bicyclic) bond motifs is 2. The summed E-state index contributed by atoms with van der Waals surface area (Å²) >= 11 is 0. The molecule has 0 aliphatic carbocycles. The number of hydrogen-bond donors (Lipinski definition) is 6. The van der Waals surface area contributed by atoms with E-state index in [1.165, 1.54) is 17.5 Å². The van der Waals surface area contributed by atoms with Gasteiger partial charge in [0.25, 0.3) is 10.6 Å². The number of nitrogens with one attached hydrogen (secondary N) is 2. The summed E-state index contributed by atoms with van der Waals surface area (Å²) in [5.74, 6) is -0.575. The van der Waals surface area contributed by atoms with Crippen molar-refractivity contribution >= 4 is 27.5 Å². The van der Waals surface area contributed by atoms with Gasteiger partial charge < -0.3 is 30.6 Å². The fraction of sp³-hybridized carbons (Fsp3) is 0. The van der Waals surface area contributed by atoms with Gasteiger partial charge in [0.15, 0.2) is 5.34 Å². The molecule has 0 atom stereocenters. The molecule has 2 aromatic carbocycles. The Bertz CT molecular complexity index is 1430. The van der Waals surface area contributed by atoms with Gasteiger partial charge in [0.05, 0.1) is 16.0 Å². The van der Waals surface area contributed by atoms with E-state index in [0.29, 0.717) is 16.4 Å². The van der Waals surface area contributed by atoms with Crippen molar-refractivity contribution in [1.29, 1.82) is 0 Å². The molecule has 0 amide bonds. The van der Waals surface area contributed by atoms with Crippen molar-refractivity contribution in [3.8, 4) is 11.5 Å². The lowest BCUT2D eigenvalue weighted by Gasteiger charge is -2.00. The molecule has 16 nitrogen and oxygen atoms in total. The smallest absolute Gasteiger partial charge is 0.375 e. The second-order valence-corrected chi connectivity index (χ2v) is 5.84. The van der Waals surface area contributed by atoms with E-state index in [1.807, 2.05) is 0 Å². The number of nitro groups is 1. The van der Waals surface area contributed by atoms with Crippen LogP contribution in [0.3, 0.4) is 0 Å². The Labute approximate surface area is 186 Å². The molecule has 0 fully saturated rings. The van der Waals surface area contributed by atoms with Crippen LogP contribution < -0.4 is 11.1 Å². The molecular formula is C18H15N5O11. The number of benzene rings is 2. The number of hydrogen-bond acceptors (Lipinski definition) is 10. The predicted octanol–water partition coefficient (Wildman–Crippen LogP) is 2.17. The molecule has 4 aromatic rings. The molecule has 0 saturated heterocycles. The quantitative estimate of drug-likeness (QED) is 0.131. The summed E-state index contributed by atoms with van der Waals surface area (Å²) < 4.78 is 0. The lowest BCUT2D eigenvalue weighted by Crippen LogP contribution is -2.11. The fourth-order valence-corrected chi connectivity index (χ4v) is 2.57. The monoisotopic (exact) mass is 477 g/mol. The van der Waals surface area contributed by atoms with E-state index in [1.54, 1.807) is 42.5 Å². The number of rotatable bonds is 1. The first-order chi connectivity index (χ1) is 16.0. The number of aromatic nitrogens is 2. The van der Waals surface area contributed by atoms with Gasteiger partial charge in [-0.15, -0.1) is 15.0 Å². The first kappa shape index (κ1) is 26.5.